The molecule has 118 valence electrons. The first kappa shape index (κ1) is 14.0. The molecule has 1 saturated heterocycles. The normalized spacial score (nSPS) is 16.9. The number of H-pyrrole nitrogens is 1. The second kappa shape index (κ2) is 5.55. The van der Waals surface area contributed by atoms with Gasteiger partial charge in [0.25, 0.3) is 0 Å². The molecular weight excluding hydrogens is 294 g/mol. The molecule has 4 rings (SSSR count). The number of benzene rings is 1. The lowest BCUT2D eigenvalue weighted by Crippen LogP contribution is -2.26. The number of hydrogen-bond acceptors (Lipinski definition) is 4. The maximum absolute atomic E-state index is 10.9. The summed E-state index contributed by atoms with van der Waals surface area (Å²) in [5.41, 5.74) is 2.17. The van der Waals surface area contributed by atoms with E-state index in [9.17, 15) is 10.1 Å². The zero-order valence-electron chi connectivity index (χ0n) is 12.6. The van der Waals surface area contributed by atoms with Gasteiger partial charge in [-0.3, -0.25) is 15.0 Å². The third-order valence-electron chi connectivity index (χ3n) is 4.48. The van der Waals surface area contributed by atoms with E-state index in [1.54, 1.807) is 6.07 Å². The molecule has 0 aliphatic carbocycles. The Kier molecular flexibility index (Phi) is 3.38. The summed E-state index contributed by atoms with van der Waals surface area (Å²) in [5.74, 6) is 0.424. The number of fused-ring (bicyclic) bond motifs is 1. The van der Waals surface area contributed by atoms with E-state index < -0.39 is 4.92 Å². The number of furan rings is 1. The molecule has 0 amide bonds. The molecule has 0 spiro atoms. The minimum Gasteiger partial charge on any atom is -0.404 e. The zero-order chi connectivity index (χ0) is 15.8. The van der Waals surface area contributed by atoms with Crippen molar-refractivity contribution in [2.75, 3.05) is 13.1 Å². The van der Waals surface area contributed by atoms with Crippen LogP contribution in [0.1, 0.15) is 30.2 Å². The lowest BCUT2D eigenvalue weighted by atomic mass is 10.0. The molecule has 3 aromatic rings. The smallest absolute Gasteiger partial charge is 0.404 e. The maximum Gasteiger partial charge on any atom is 0.433 e. The Balaban J connectivity index is 1.83. The Labute approximate surface area is 132 Å². The quantitative estimate of drug-likeness (QED) is 0.586. The highest BCUT2D eigenvalue weighted by molar-refractivity contribution is 5.84. The van der Waals surface area contributed by atoms with E-state index >= 15 is 0 Å². The van der Waals surface area contributed by atoms with Crippen LogP contribution in [0, 0.1) is 10.1 Å². The fraction of sp³-hybridized carbons (Fsp3) is 0.294. The number of nitrogens with zero attached hydrogens (tertiary/aromatic N) is 2. The van der Waals surface area contributed by atoms with Crippen LogP contribution in [0.4, 0.5) is 5.88 Å². The first-order valence-electron chi connectivity index (χ1n) is 7.78. The van der Waals surface area contributed by atoms with Crippen molar-refractivity contribution in [2.24, 2.45) is 0 Å². The third-order valence-corrected chi connectivity index (χ3v) is 4.48. The summed E-state index contributed by atoms with van der Waals surface area (Å²) in [5, 5.41) is 12.1. The average molecular weight is 311 g/mol. The molecule has 6 nitrogen and oxygen atoms in total. The number of aromatic amines is 1. The van der Waals surface area contributed by atoms with Gasteiger partial charge in [-0.1, -0.05) is 18.2 Å². The van der Waals surface area contributed by atoms with E-state index in [1.165, 1.54) is 6.07 Å². The van der Waals surface area contributed by atoms with Crippen LogP contribution in [0.2, 0.25) is 0 Å². The number of nitro groups is 1. The summed E-state index contributed by atoms with van der Waals surface area (Å²) >= 11 is 0. The summed E-state index contributed by atoms with van der Waals surface area (Å²) < 4.78 is 5.54. The van der Waals surface area contributed by atoms with Crippen molar-refractivity contribution in [3.8, 4) is 0 Å². The maximum atomic E-state index is 10.9. The monoisotopic (exact) mass is 311 g/mol. The number of hydrogen-bond donors (Lipinski definition) is 1. The molecule has 1 aromatic carbocycles. The molecule has 1 aliphatic rings. The molecule has 1 atom stereocenters. The minimum absolute atomic E-state index is 0.0950. The molecule has 0 saturated carbocycles. The van der Waals surface area contributed by atoms with Crippen LogP contribution in [0.25, 0.3) is 10.9 Å². The number of para-hydroxylation sites is 1. The van der Waals surface area contributed by atoms with Gasteiger partial charge in [-0.15, -0.1) is 0 Å². The van der Waals surface area contributed by atoms with E-state index in [-0.39, 0.29) is 11.9 Å². The minimum atomic E-state index is -0.486. The van der Waals surface area contributed by atoms with Crippen LogP contribution in [-0.2, 0) is 0 Å². The van der Waals surface area contributed by atoms with Gasteiger partial charge in [-0.2, -0.15) is 0 Å². The van der Waals surface area contributed by atoms with Crippen molar-refractivity contribution in [1.29, 1.82) is 0 Å². The van der Waals surface area contributed by atoms with Gasteiger partial charge in [-0.25, -0.2) is 0 Å². The van der Waals surface area contributed by atoms with Gasteiger partial charge in [0.05, 0.1) is 12.1 Å². The van der Waals surface area contributed by atoms with Crippen LogP contribution in [-0.4, -0.2) is 27.9 Å². The third kappa shape index (κ3) is 2.41. The lowest BCUT2D eigenvalue weighted by molar-refractivity contribution is -0.402. The molecule has 1 fully saturated rings. The summed E-state index contributed by atoms with van der Waals surface area (Å²) in [6, 6.07) is 11.2. The van der Waals surface area contributed by atoms with Gasteiger partial charge in [-0.05, 0) is 38.1 Å². The summed E-state index contributed by atoms with van der Waals surface area (Å²) in [7, 11) is 0. The predicted octanol–water partition coefficient (Wildman–Crippen LogP) is 3.85. The Bertz CT molecular complexity index is 846. The second-order valence-electron chi connectivity index (χ2n) is 5.87. The molecule has 1 aliphatic heterocycles. The second-order valence-corrected chi connectivity index (χ2v) is 5.87. The fourth-order valence-electron chi connectivity index (χ4n) is 3.44. The molecule has 1 unspecified atom stereocenters. The zero-order valence-corrected chi connectivity index (χ0v) is 12.6. The fourth-order valence-corrected chi connectivity index (χ4v) is 3.44. The van der Waals surface area contributed by atoms with Crippen LogP contribution in [0.5, 0.6) is 0 Å². The van der Waals surface area contributed by atoms with Crippen molar-refractivity contribution >= 4 is 16.8 Å². The molecule has 0 radical (unpaired) electrons. The van der Waals surface area contributed by atoms with E-state index in [2.05, 4.69) is 16.0 Å². The van der Waals surface area contributed by atoms with Crippen molar-refractivity contribution in [3.05, 3.63) is 64.0 Å². The number of likely N-dealkylation sites (tertiary alicyclic amines) is 1. The Morgan fingerprint density at radius 2 is 1.96 bits per heavy atom. The lowest BCUT2D eigenvalue weighted by Gasteiger charge is -2.25. The number of rotatable bonds is 4. The molecule has 0 bridgehead atoms. The van der Waals surface area contributed by atoms with Crippen LogP contribution < -0.4 is 0 Å². The number of aromatic nitrogens is 1. The standard InChI is InChI=1S/C17H17N3O3/c21-20(22)16-8-7-15(23-16)17(19-9-3-4-10-19)13-11-18-14-6-2-1-5-12(13)14/h1-2,5-8,11,17-18H,3-4,9-10H2. The molecule has 3 heterocycles. The summed E-state index contributed by atoms with van der Waals surface area (Å²) in [6.07, 6.45) is 4.27. The summed E-state index contributed by atoms with van der Waals surface area (Å²) in [4.78, 5) is 16.1. The molecule has 1 N–H and O–H groups in total. The van der Waals surface area contributed by atoms with Crippen LogP contribution in [0.15, 0.2) is 47.0 Å². The van der Waals surface area contributed by atoms with E-state index in [0.29, 0.717) is 5.76 Å². The van der Waals surface area contributed by atoms with Gasteiger partial charge in [0.15, 0.2) is 0 Å². The van der Waals surface area contributed by atoms with Gasteiger partial charge in [0, 0.05) is 22.7 Å². The average Bonchev–Trinajstić information content (AvgIpc) is 3.29. The molecular formula is C17H17N3O3. The van der Waals surface area contributed by atoms with Gasteiger partial charge in [0.2, 0.25) is 0 Å². The van der Waals surface area contributed by atoms with Crippen molar-refractivity contribution in [2.45, 2.75) is 18.9 Å². The van der Waals surface area contributed by atoms with Crippen LogP contribution >= 0.6 is 0 Å². The first-order valence-corrected chi connectivity index (χ1v) is 7.78. The van der Waals surface area contributed by atoms with Crippen molar-refractivity contribution in [3.63, 3.8) is 0 Å². The van der Waals surface area contributed by atoms with E-state index in [0.717, 1.165) is 42.4 Å². The van der Waals surface area contributed by atoms with E-state index in [4.69, 9.17) is 4.42 Å². The van der Waals surface area contributed by atoms with Gasteiger partial charge < -0.3 is 9.40 Å². The topological polar surface area (TPSA) is 75.3 Å². The molecule has 23 heavy (non-hydrogen) atoms. The first-order chi connectivity index (χ1) is 11.2. The molecule has 2 aromatic heterocycles. The van der Waals surface area contributed by atoms with Crippen LogP contribution in [0.3, 0.4) is 0 Å². The van der Waals surface area contributed by atoms with Gasteiger partial charge >= 0.3 is 5.88 Å². The molecule has 6 heteroatoms. The van der Waals surface area contributed by atoms with Crippen molar-refractivity contribution in [1.82, 2.24) is 9.88 Å². The number of nitrogens with one attached hydrogen (secondary N) is 1. The van der Waals surface area contributed by atoms with Crippen molar-refractivity contribution < 1.29 is 9.34 Å². The Morgan fingerprint density at radius 3 is 2.70 bits per heavy atom. The highest BCUT2D eigenvalue weighted by atomic mass is 16.6. The van der Waals surface area contributed by atoms with Gasteiger partial charge in [0.1, 0.15) is 10.7 Å². The largest absolute Gasteiger partial charge is 0.433 e. The summed E-state index contributed by atoms with van der Waals surface area (Å²) in [6.45, 7) is 1.94. The Hall–Kier alpha value is -2.60. The predicted molar refractivity (Wildman–Crippen MR) is 86.3 cm³/mol. The highest BCUT2D eigenvalue weighted by Crippen LogP contribution is 2.37. The highest BCUT2D eigenvalue weighted by Gasteiger charge is 2.30. The Morgan fingerprint density at radius 1 is 1.17 bits per heavy atom. The van der Waals surface area contributed by atoms with E-state index in [1.807, 2.05) is 24.4 Å². The SMILES string of the molecule is O=[N+]([O-])c1ccc(C(c2c[nH]c3ccccc23)N2CCCC2)o1.